The van der Waals surface area contributed by atoms with E-state index in [2.05, 4.69) is 5.32 Å². The number of carboxylic acid groups (broad SMARTS) is 1. The van der Waals surface area contributed by atoms with Gasteiger partial charge in [-0.3, -0.25) is 4.79 Å². The third kappa shape index (κ3) is 4.91. The second kappa shape index (κ2) is 7.53. The molecule has 0 saturated heterocycles. The lowest BCUT2D eigenvalue weighted by Gasteiger charge is -2.20. The second-order valence-electron chi connectivity index (χ2n) is 4.87. The van der Waals surface area contributed by atoms with E-state index >= 15 is 0 Å². The summed E-state index contributed by atoms with van der Waals surface area (Å²) in [6.07, 6.45) is 0.677. The molecule has 0 saturated carbocycles. The number of hydrogen-bond acceptors (Lipinski definition) is 3. The summed E-state index contributed by atoms with van der Waals surface area (Å²) in [7, 11) is 0. The molecule has 1 aromatic carbocycles. The molecule has 0 aliphatic rings. The number of nitrogens with one attached hydrogen (secondary N) is 1. The standard InChI is InChI=1S/C15H21NO4/c1-4-11(3)14(15(18)19)16-13(17)9-20-12-7-5-6-10(2)8-12/h5-8,11,14H,4,9H2,1-3H3,(H,16,17)(H,18,19)/t11?,14-/m0/s1. The normalized spacial score (nSPS) is 13.3. The highest BCUT2D eigenvalue weighted by molar-refractivity contribution is 5.84. The third-order valence-electron chi connectivity index (χ3n) is 3.15. The summed E-state index contributed by atoms with van der Waals surface area (Å²) < 4.78 is 5.34. The highest BCUT2D eigenvalue weighted by Crippen LogP contribution is 2.12. The van der Waals surface area contributed by atoms with E-state index in [0.29, 0.717) is 12.2 Å². The molecule has 2 N–H and O–H groups in total. The summed E-state index contributed by atoms with van der Waals surface area (Å²) in [6, 6.07) is 6.45. The van der Waals surface area contributed by atoms with Gasteiger partial charge in [0, 0.05) is 0 Å². The summed E-state index contributed by atoms with van der Waals surface area (Å²) in [5, 5.41) is 11.6. The summed E-state index contributed by atoms with van der Waals surface area (Å²) in [5.41, 5.74) is 1.03. The summed E-state index contributed by atoms with van der Waals surface area (Å²) in [5.74, 6) is -0.992. The minimum Gasteiger partial charge on any atom is -0.484 e. The number of benzene rings is 1. The Balaban J connectivity index is 2.52. The van der Waals surface area contributed by atoms with Gasteiger partial charge in [-0.1, -0.05) is 32.4 Å². The first-order chi connectivity index (χ1) is 9.43. The topological polar surface area (TPSA) is 75.6 Å². The first-order valence-electron chi connectivity index (χ1n) is 6.65. The fourth-order valence-electron chi connectivity index (χ4n) is 1.75. The molecule has 5 heteroatoms. The van der Waals surface area contributed by atoms with Gasteiger partial charge in [0.15, 0.2) is 6.61 Å². The van der Waals surface area contributed by atoms with Crippen LogP contribution in [0.4, 0.5) is 0 Å². The molecule has 20 heavy (non-hydrogen) atoms. The van der Waals surface area contributed by atoms with E-state index in [1.165, 1.54) is 0 Å². The van der Waals surface area contributed by atoms with Crippen LogP contribution in [-0.2, 0) is 9.59 Å². The molecule has 0 bridgehead atoms. The zero-order chi connectivity index (χ0) is 15.1. The Bertz CT molecular complexity index is 473. The number of hydrogen-bond donors (Lipinski definition) is 2. The predicted octanol–water partition coefficient (Wildman–Crippen LogP) is 1.99. The fraction of sp³-hybridized carbons (Fsp3) is 0.467. The smallest absolute Gasteiger partial charge is 0.326 e. The van der Waals surface area contributed by atoms with Crippen LogP contribution in [0.2, 0.25) is 0 Å². The van der Waals surface area contributed by atoms with Crippen LogP contribution in [0, 0.1) is 12.8 Å². The van der Waals surface area contributed by atoms with Crippen molar-refractivity contribution in [2.24, 2.45) is 5.92 Å². The van der Waals surface area contributed by atoms with E-state index in [1.807, 2.05) is 32.0 Å². The first-order valence-corrected chi connectivity index (χ1v) is 6.65. The molecule has 1 amide bonds. The minimum atomic E-state index is -1.02. The van der Waals surface area contributed by atoms with Gasteiger partial charge >= 0.3 is 5.97 Å². The van der Waals surface area contributed by atoms with Crippen molar-refractivity contribution in [3.8, 4) is 5.75 Å². The van der Waals surface area contributed by atoms with Crippen LogP contribution in [0.3, 0.4) is 0 Å². The highest BCUT2D eigenvalue weighted by atomic mass is 16.5. The van der Waals surface area contributed by atoms with Crippen LogP contribution < -0.4 is 10.1 Å². The second-order valence-corrected chi connectivity index (χ2v) is 4.87. The average Bonchev–Trinajstić information content (AvgIpc) is 2.41. The predicted molar refractivity (Wildman–Crippen MR) is 75.7 cm³/mol. The number of amides is 1. The van der Waals surface area contributed by atoms with Crippen LogP contribution in [0.5, 0.6) is 5.75 Å². The Morgan fingerprint density at radius 3 is 2.65 bits per heavy atom. The van der Waals surface area contributed by atoms with Crippen LogP contribution in [0.1, 0.15) is 25.8 Å². The molecule has 2 atom stereocenters. The maximum Gasteiger partial charge on any atom is 0.326 e. The largest absolute Gasteiger partial charge is 0.484 e. The molecule has 5 nitrogen and oxygen atoms in total. The summed E-state index contributed by atoms with van der Waals surface area (Å²) in [4.78, 5) is 22.8. The van der Waals surface area contributed by atoms with Crippen molar-refractivity contribution in [3.05, 3.63) is 29.8 Å². The van der Waals surface area contributed by atoms with Gasteiger partial charge in [-0.15, -0.1) is 0 Å². The van der Waals surface area contributed by atoms with Gasteiger partial charge in [-0.25, -0.2) is 4.79 Å². The lowest BCUT2D eigenvalue weighted by Crippen LogP contribution is -2.46. The molecular formula is C15H21NO4. The lowest BCUT2D eigenvalue weighted by atomic mass is 9.99. The van der Waals surface area contributed by atoms with Crippen molar-refractivity contribution in [1.29, 1.82) is 0 Å². The van der Waals surface area contributed by atoms with Crippen molar-refractivity contribution >= 4 is 11.9 Å². The van der Waals surface area contributed by atoms with Crippen molar-refractivity contribution in [3.63, 3.8) is 0 Å². The molecule has 110 valence electrons. The van der Waals surface area contributed by atoms with E-state index in [-0.39, 0.29) is 12.5 Å². The Hall–Kier alpha value is -2.04. The zero-order valence-corrected chi connectivity index (χ0v) is 12.1. The number of aryl methyl sites for hydroxylation is 1. The Morgan fingerprint density at radius 2 is 2.10 bits per heavy atom. The van der Waals surface area contributed by atoms with Crippen LogP contribution in [0.15, 0.2) is 24.3 Å². The van der Waals surface area contributed by atoms with Gasteiger partial charge in [0.05, 0.1) is 0 Å². The number of aliphatic carboxylic acids is 1. The number of rotatable bonds is 7. The summed E-state index contributed by atoms with van der Waals surface area (Å²) in [6.45, 7) is 5.41. The van der Waals surface area contributed by atoms with E-state index < -0.39 is 17.9 Å². The molecule has 0 aromatic heterocycles. The van der Waals surface area contributed by atoms with E-state index in [1.54, 1.807) is 13.0 Å². The number of carboxylic acids is 1. The first kappa shape index (κ1) is 16.0. The van der Waals surface area contributed by atoms with E-state index in [0.717, 1.165) is 5.56 Å². The van der Waals surface area contributed by atoms with Crippen molar-refractivity contribution < 1.29 is 19.4 Å². The average molecular weight is 279 g/mol. The van der Waals surface area contributed by atoms with Gasteiger partial charge in [-0.05, 0) is 30.5 Å². The minimum absolute atomic E-state index is 0.129. The Morgan fingerprint density at radius 1 is 1.40 bits per heavy atom. The monoisotopic (exact) mass is 279 g/mol. The van der Waals surface area contributed by atoms with Crippen molar-refractivity contribution in [2.45, 2.75) is 33.2 Å². The third-order valence-corrected chi connectivity index (χ3v) is 3.15. The lowest BCUT2D eigenvalue weighted by molar-refractivity contribution is -0.143. The molecule has 0 heterocycles. The molecule has 0 aliphatic carbocycles. The highest BCUT2D eigenvalue weighted by Gasteiger charge is 2.25. The maximum absolute atomic E-state index is 11.7. The quantitative estimate of drug-likeness (QED) is 0.800. The Kier molecular flexibility index (Phi) is 6.03. The van der Waals surface area contributed by atoms with Gasteiger partial charge in [0.25, 0.3) is 5.91 Å². The van der Waals surface area contributed by atoms with Gasteiger partial charge in [0.1, 0.15) is 11.8 Å². The van der Waals surface area contributed by atoms with E-state index in [9.17, 15) is 9.59 Å². The fourth-order valence-corrected chi connectivity index (χ4v) is 1.75. The van der Waals surface area contributed by atoms with Crippen LogP contribution in [-0.4, -0.2) is 29.6 Å². The maximum atomic E-state index is 11.7. The van der Waals surface area contributed by atoms with E-state index in [4.69, 9.17) is 9.84 Å². The molecule has 0 radical (unpaired) electrons. The van der Waals surface area contributed by atoms with Crippen LogP contribution >= 0.6 is 0 Å². The molecule has 0 fully saturated rings. The zero-order valence-electron chi connectivity index (χ0n) is 12.1. The van der Waals surface area contributed by atoms with Gasteiger partial charge in [-0.2, -0.15) is 0 Å². The van der Waals surface area contributed by atoms with Gasteiger partial charge < -0.3 is 15.2 Å². The van der Waals surface area contributed by atoms with Crippen molar-refractivity contribution in [2.75, 3.05) is 6.61 Å². The number of carbonyl (C=O) groups is 2. The van der Waals surface area contributed by atoms with Gasteiger partial charge in [0.2, 0.25) is 0 Å². The summed E-state index contributed by atoms with van der Waals surface area (Å²) >= 11 is 0. The SMILES string of the molecule is CCC(C)[C@H](NC(=O)COc1cccc(C)c1)C(=O)O. The molecule has 0 spiro atoms. The van der Waals surface area contributed by atoms with Crippen molar-refractivity contribution in [1.82, 2.24) is 5.32 Å². The number of carbonyl (C=O) groups excluding carboxylic acids is 1. The van der Waals surface area contributed by atoms with Crippen LogP contribution in [0.25, 0.3) is 0 Å². The molecule has 1 aromatic rings. The molecule has 0 aliphatic heterocycles. The Labute approximate surface area is 118 Å². The number of ether oxygens (including phenoxy) is 1. The molecular weight excluding hydrogens is 258 g/mol. The molecule has 1 rings (SSSR count). The molecule has 1 unspecified atom stereocenters.